The van der Waals surface area contributed by atoms with E-state index in [1.165, 1.54) is 25.6 Å². The molecule has 116 valence electrons. The van der Waals surface area contributed by atoms with E-state index >= 15 is 0 Å². The quantitative estimate of drug-likeness (QED) is 0.795. The van der Waals surface area contributed by atoms with E-state index in [1.807, 2.05) is 31.2 Å². The Labute approximate surface area is 133 Å². The normalized spacial score (nSPS) is 10.4. The first-order chi connectivity index (χ1) is 11.2. The molecular formula is C17H15FN4O. The summed E-state index contributed by atoms with van der Waals surface area (Å²) in [5.74, 6) is 0.814. The Bertz CT molecular complexity index is 838. The van der Waals surface area contributed by atoms with Crippen LogP contribution in [0.15, 0.2) is 48.8 Å². The lowest BCUT2D eigenvalue weighted by atomic mass is 10.2. The lowest BCUT2D eigenvalue weighted by Gasteiger charge is -2.09. The summed E-state index contributed by atoms with van der Waals surface area (Å²) < 4.78 is 18.5. The van der Waals surface area contributed by atoms with Gasteiger partial charge in [-0.15, -0.1) is 0 Å². The summed E-state index contributed by atoms with van der Waals surface area (Å²) in [5, 5.41) is 3.13. The molecule has 5 nitrogen and oxygen atoms in total. The Kier molecular flexibility index (Phi) is 4.14. The Hall–Kier alpha value is -3.02. The van der Waals surface area contributed by atoms with Gasteiger partial charge in [-0.25, -0.2) is 14.4 Å². The number of ether oxygens (including phenoxy) is 1. The fourth-order valence-corrected chi connectivity index (χ4v) is 2.19. The van der Waals surface area contributed by atoms with Crippen LogP contribution in [0.1, 0.15) is 5.56 Å². The van der Waals surface area contributed by atoms with Gasteiger partial charge in [-0.1, -0.05) is 12.1 Å². The number of nitrogens with zero attached hydrogens (tertiary/aromatic N) is 3. The first-order valence-electron chi connectivity index (χ1n) is 7.02. The van der Waals surface area contributed by atoms with Crippen molar-refractivity contribution >= 4 is 11.6 Å². The van der Waals surface area contributed by atoms with Gasteiger partial charge in [0.15, 0.2) is 5.82 Å². The van der Waals surface area contributed by atoms with Gasteiger partial charge in [-0.3, -0.25) is 0 Å². The summed E-state index contributed by atoms with van der Waals surface area (Å²) in [6, 6.07) is 12.1. The SMILES string of the molecule is COc1cc(F)ccc1-c1ncnc(Nc2cccc(C)c2)n1. The number of rotatable bonds is 4. The maximum absolute atomic E-state index is 13.3. The van der Waals surface area contributed by atoms with E-state index in [4.69, 9.17) is 4.74 Å². The largest absolute Gasteiger partial charge is 0.496 e. The van der Waals surface area contributed by atoms with E-state index in [0.29, 0.717) is 23.1 Å². The standard InChI is InChI=1S/C17H15FN4O/c1-11-4-3-5-13(8-11)21-17-20-10-19-16(22-17)14-7-6-12(18)9-15(14)23-2/h3-10H,1-2H3,(H,19,20,21,22). The predicted octanol–water partition coefficient (Wildman–Crippen LogP) is 3.74. The number of anilines is 2. The first kappa shape index (κ1) is 14.9. The summed E-state index contributed by atoms with van der Waals surface area (Å²) >= 11 is 0. The fourth-order valence-electron chi connectivity index (χ4n) is 2.19. The van der Waals surface area contributed by atoms with E-state index in [2.05, 4.69) is 20.3 Å². The van der Waals surface area contributed by atoms with Crippen molar-refractivity contribution in [2.45, 2.75) is 6.92 Å². The third-order valence-electron chi connectivity index (χ3n) is 3.25. The Balaban J connectivity index is 1.94. The minimum Gasteiger partial charge on any atom is -0.496 e. The van der Waals surface area contributed by atoms with Crippen molar-refractivity contribution in [3.63, 3.8) is 0 Å². The zero-order valence-electron chi connectivity index (χ0n) is 12.7. The molecule has 2 aromatic carbocycles. The zero-order valence-corrected chi connectivity index (χ0v) is 12.7. The monoisotopic (exact) mass is 310 g/mol. The molecule has 1 aromatic heterocycles. The van der Waals surface area contributed by atoms with Crippen LogP contribution in [0, 0.1) is 12.7 Å². The predicted molar refractivity (Wildman–Crippen MR) is 86.2 cm³/mol. The molecule has 0 amide bonds. The molecule has 23 heavy (non-hydrogen) atoms. The van der Waals surface area contributed by atoms with Gasteiger partial charge in [0.05, 0.1) is 12.7 Å². The molecule has 3 aromatic rings. The third-order valence-corrected chi connectivity index (χ3v) is 3.25. The van der Waals surface area contributed by atoms with Gasteiger partial charge >= 0.3 is 0 Å². The van der Waals surface area contributed by atoms with Crippen molar-refractivity contribution in [3.05, 3.63) is 60.2 Å². The number of methoxy groups -OCH3 is 1. The highest BCUT2D eigenvalue weighted by Gasteiger charge is 2.11. The Morgan fingerprint density at radius 2 is 1.96 bits per heavy atom. The van der Waals surface area contributed by atoms with Crippen molar-refractivity contribution in [2.24, 2.45) is 0 Å². The van der Waals surface area contributed by atoms with Gasteiger partial charge in [-0.2, -0.15) is 4.98 Å². The number of aromatic nitrogens is 3. The number of hydrogen-bond donors (Lipinski definition) is 1. The van der Waals surface area contributed by atoms with Crippen LogP contribution in [0.2, 0.25) is 0 Å². The van der Waals surface area contributed by atoms with Gasteiger partial charge in [0.2, 0.25) is 5.95 Å². The summed E-state index contributed by atoms with van der Waals surface area (Å²) in [7, 11) is 1.48. The lowest BCUT2D eigenvalue weighted by molar-refractivity contribution is 0.412. The first-order valence-corrected chi connectivity index (χ1v) is 7.02. The van der Waals surface area contributed by atoms with Crippen LogP contribution in [0.25, 0.3) is 11.4 Å². The molecule has 0 fully saturated rings. The van der Waals surface area contributed by atoms with Crippen LogP contribution in [0.4, 0.5) is 16.0 Å². The van der Waals surface area contributed by atoms with E-state index < -0.39 is 0 Å². The number of benzene rings is 2. The molecule has 0 saturated carbocycles. The van der Waals surface area contributed by atoms with Crippen LogP contribution in [0.3, 0.4) is 0 Å². The summed E-state index contributed by atoms with van der Waals surface area (Å²) in [6.45, 7) is 2.01. The van der Waals surface area contributed by atoms with Crippen molar-refractivity contribution in [1.29, 1.82) is 0 Å². The Morgan fingerprint density at radius 1 is 1.09 bits per heavy atom. The van der Waals surface area contributed by atoms with Crippen molar-refractivity contribution in [2.75, 3.05) is 12.4 Å². The lowest BCUT2D eigenvalue weighted by Crippen LogP contribution is -2.01. The van der Waals surface area contributed by atoms with Gasteiger partial charge < -0.3 is 10.1 Å². The second-order valence-corrected chi connectivity index (χ2v) is 4.97. The molecule has 0 radical (unpaired) electrons. The molecule has 0 bridgehead atoms. The van der Waals surface area contributed by atoms with Crippen molar-refractivity contribution < 1.29 is 9.13 Å². The number of aryl methyl sites for hydroxylation is 1. The molecule has 3 rings (SSSR count). The second-order valence-electron chi connectivity index (χ2n) is 4.97. The number of nitrogens with one attached hydrogen (secondary N) is 1. The highest BCUT2D eigenvalue weighted by Crippen LogP contribution is 2.28. The van der Waals surface area contributed by atoms with E-state index in [0.717, 1.165) is 11.3 Å². The zero-order chi connectivity index (χ0) is 16.2. The molecule has 0 aliphatic heterocycles. The molecule has 6 heteroatoms. The summed E-state index contributed by atoms with van der Waals surface area (Å²) in [5.41, 5.74) is 2.61. The van der Waals surface area contributed by atoms with Crippen LogP contribution in [-0.2, 0) is 0 Å². The number of halogens is 1. The van der Waals surface area contributed by atoms with Gasteiger partial charge in [0.1, 0.15) is 17.9 Å². The average molecular weight is 310 g/mol. The molecule has 1 N–H and O–H groups in total. The minimum absolute atomic E-state index is 0.373. The van der Waals surface area contributed by atoms with Crippen LogP contribution in [0.5, 0.6) is 5.75 Å². The molecule has 0 aliphatic carbocycles. The minimum atomic E-state index is -0.377. The van der Waals surface area contributed by atoms with E-state index in [1.54, 1.807) is 6.07 Å². The molecule has 0 aliphatic rings. The third kappa shape index (κ3) is 3.42. The topological polar surface area (TPSA) is 59.9 Å². The molecule has 0 spiro atoms. The second kappa shape index (κ2) is 6.39. The summed E-state index contributed by atoms with van der Waals surface area (Å²) in [4.78, 5) is 12.6. The van der Waals surface area contributed by atoms with Gasteiger partial charge in [0, 0.05) is 11.8 Å². The summed E-state index contributed by atoms with van der Waals surface area (Å²) in [6.07, 6.45) is 1.41. The van der Waals surface area contributed by atoms with Gasteiger partial charge in [0.25, 0.3) is 0 Å². The molecular weight excluding hydrogens is 295 g/mol. The highest BCUT2D eigenvalue weighted by atomic mass is 19.1. The average Bonchev–Trinajstić information content (AvgIpc) is 2.55. The smallest absolute Gasteiger partial charge is 0.230 e. The van der Waals surface area contributed by atoms with Crippen molar-refractivity contribution in [3.8, 4) is 17.1 Å². The number of hydrogen-bond acceptors (Lipinski definition) is 5. The van der Waals surface area contributed by atoms with Crippen molar-refractivity contribution in [1.82, 2.24) is 15.0 Å². The van der Waals surface area contributed by atoms with E-state index in [9.17, 15) is 4.39 Å². The molecule has 0 unspecified atom stereocenters. The van der Waals surface area contributed by atoms with Crippen LogP contribution < -0.4 is 10.1 Å². The van der Waals surface area contributed by atoms with E-state index in [-0.39, 0.29) is 5.82 Å². The van der Waals surface area contributed by atoms with Gasteiger partial charge in [-0.05, 0) is 36.8 Å². The maximum atomic E-state index is 13.3. The fraction of sp³-hybridized carbons (Fsp3) is 0.118. The van der Waals surface area contributed by atoms with Crippen LogP contribution >= 0.6 is 0 Å². The highest BCUT2D eigenvalue weighted by molar-refractivity contribution is 5.65. The van der Waals surface area contributed by atoms with Crippen LogP contribution in [-0.4, -0.2) is 22.1 Å². The maximum Gasteiger partial charge on any atom is 0.230 e. The Morgan fingerprint density at radius 3 is 2.74 bits per heavy atom. The molecule has 0 atom stereocenters. The molecule has 0 saturated heterocycles. The molecule has 1 heterocycles.